The number of aromatic nitrogens is 1. The Kier molecular flexibility index (Phi) is 5.78. The third kappa shape index (κ3) is 3.84. The molecule has 2 heterocycles. The highest BCUT2D eigenvalue weighted by atomic mass is 35.5. The highest BCUT2D eigenvalue weighted by Crippen LogP contribution is 2.35. The molecular weight excluding hydrogens is 374 g/mol. The minimum Gasteiger partial charge on any atom is -0.390 e. The molecule has 1 aromatic heterocycles. The summed E-state index contributed by atoms with van der Waals surface area (Å²) in [6, 6.07) is 15.9. The lowest BCUT2D eigenvalue weighted by molar-refractivity contribution is -0.111. The van der Waals surface area contributed by atoms with Gasteiger partial charge in [-0.25, -0.2) is 0 Å². The van der Waals surface area contributed by atoms with Crippen molar-refractivity contribution in [2.45, 2.75) is 18.6 Å². The van der Waals surface area contributed by atoms with Crippen molar-refractivity contribution >= 4 is 28.8 Å². The average molecular weight is 398 g/mol. The number of hydrogen-bond donors (Lipinski definition) is 4. The summed E-state index contributed by atoms with van der Waals surface area (Å²) in [7, 11) is 0. The quantitative estimate of drug-likeness (QED) is 0.462. The maximum absolute atomic E-state index is 11.8. The SMILES string of the molecule is O=CC(CN[C@@H]1CNC[C@H]1O)Cc1c(-c2ccccc2)[nH]c2c(Cl)cccc12. The van der Waals surface area contributed by atoms with Gasteiger partial charge < -0.3 is 25.5 Å². The van der Waals surface area contributed by atoms with Crippen LogP contribution in [0.15, 0.2) is 48.5 Å². The summed E-state index contributed by atoms with van der Waals surface area (Å²) >= 11 is 6.42. The second-order valence-electron chi connectivity index (χ2n) is 7.35. The van der Waals surface area contributed by atoms with Gasteiger partial charge in [0, 0.05) is 42.7 Å². The number of H-pyrrole nitrogens is 1. The molecule has 3 aromatic rings. The number of aliphatic hydroxyl groups is 1. The Labute approximate surface area is 169 Å². The van der Waals surface area contributed by atoms with Crippen LogP contribution in [-0.4, -0.2) is 48.2 Å². The van der Waals surface area contributed by atoms with Gasteiger partial charge in [-0.2, -0.15) is 0 Å². The highest BCUT2D eigenvalue weighted by molar-refractivity contribution is 6.35. The number of β-amino-alcohol motifs (C(OH)–C–C–N with tert-alkyl or cyclic N) is 1. The van der Waals surface area contributed by atoms with E-state index in [0.29, 0.717) is 31.1 Å². The van der Waals surface area contributed by atoms with Crippen molar-refractivity contribution in [2.75, 3.05) is 19.6 Å². The smallest absolute Gasteiger partial charge is 0.124 e. The number of aromatic amines is 1. The average Bonchev–Trinajstić information content (AvgIpc) is 3.30. The Morgan fingerprint density at radius 1 is 1.18 bits per heavy atom. The first-order valence-electron chi connectivity index (χ1n) is 9.59. The molecule has 6 heteroatoms. The molecule has 1 aliphatic heterocycles. The van der Waals surface area contributed by atoms with Gasteiger partial charge >= 0.3 is 0 Å². The fraction of sp³-hybridized carbons (Fsp3) is 0.318. The van der Waals surface area contributed by atoms with Gasteiger partial charge in [0.25, 0.3) is 0 Å². The molecule has 146 valence electrons. The molecule has 0 bridgehead atoms. The van der Waals surface area contributed by atoms with Crippen molar-refractivity contribution in [3.05, 3.63) is 59.1 Å². The molecule has 0 spiro atoms. The number of aliphatic hydroxyl groups excluding tert-OH is 1. The Bertz CT molecular complexity index is 957. The van der Waals surface area contributed by atoms with E-state index in [1.807, 2.05) is 36.4 Å². The lowest BCUT2D eigenvalue weighted by atomic mass is 9.95. The molecule has 28 heavy (non-hydrogen) atoms. The predicted octanol–water partition coefficient (Wildman–Crippen LogP) is 2.77. The number of carbonyl (C=O) groups excluding carboxylic acids is 1. The third-order valence-electron chi connectivity index (χ3n) is 5.44. The number of halogens is 1. The molecule has 5 nitrogen and oxygen atoms in total. The molecule has 3 atom stereocenters. The van der Waals surface area contributed by atoms with Gasteiger partial charge in [0.2, 0.25) is 0 Å². The van der Waals surface area contributed by atoms with Gasteiger partial charge in [-0.15, -0.1) is 0 Å². The molecule has 2 aromatic carbocycles. The summed E-state index contributed by atoms with van der Waals surface area (Å²) in [6.45, 7) is 1.82. The monoisotopic (exact) mass is 397 g/mol. The first kappa shape index (κ1) is 19.2. The number of hydrogen-bond acceptors (Lipinski definition) is 4. The lowest BCUT2D eigenvalue weighted by Gasteiger charge is -2.19. The van der Waals surface area contributed by atoms with Crippen LogP contribution in [0.5, 0.6) is 0 Å². The zero-order valence-corrected chi connectivity index (χ0v) is 16.2. The summed E-state index contributed by atoms with van der Waals surface area (Å²) in [6.07, 6.45) is 1.18. The van der Waals surface area contributed by atoms with Crippen LogP contribution in [0.4, 0.5) is 0 Å². The van der Waals surface area contributed by atoms with E-state index in [2.05, 4.69) is 27.8 Å². The maximum Gasteiger partial charge on any atom is 0.124 e. The van der Waals surface area contributed by atoms with E-state index >= 15 is 0 Å². The van der Waals surface area contributed by atoms with Crippen molar-refractivity contribution in [3.63, 3.8) is 0 Å². The molecule has 4 N–H and O–H groups in total. The number of nitrogens with one attached hydrogen (secondary N) is 3. The van der Waals surface area contributed by atoms with Crippen LogP contribution < -0.4 is 10.6 Å². The van der Waals surface area contributed by atoms with Gasteiger partial charge in [0.15, 0.2) is 0 Å². The fourth-order valence-corrected chi connectivity index (χ4v) is 4.13. The first-order chi connectivity index (χ1) is 13.7. The van der Waals surface area contributed by atoms with Crippen molar-refractivity contribution in [3.8, 4) is 11.3 Å². The molecule has 0 radical (unpaired) electrons. The zero-order valence-electron chi connectivity index (χ0n) is 15.5. The maximum atomic E-state index is 11.8. The van der Waals surface area contributed by atoms with Crippen LogP contribution in [0.3, 0.4) is 0 Å². The standard InChI is InChI=1S/C22H24ClN3O2/c23-18-8-4-7-16-17(21(26-22(16)18)15-5-2-1-3-6-15)9-14(13-27)10-25-19-11-24-12-20(19)28/h1-8,13-14,19-20,24-26,28H,9-12H2/t14?,19-,20-/m1/s1. The van der Waals surface area contributed by atoms with Crippen LogP contribution in [0.2, 0.25) is 5.02 Å². The topological polar surface area (TPSA) is 77.2 Å². The van der Waals surface area contributed by atoms with Crippen molar-refractivity contribution in [2.24, 2.45) is 5.92 Å². The van der Waals surface area contributed by atoms with E-state index in [0.717, 1.165) is 34.0 Å². The third-order valence-corrected chi connectivity index (χ3v) is 5.75. The molecule has 1 unspecified atom stereocenters. The Morgan fingerprint density at radius 3 is 2.71 bits per heavy atom. The van der Waals surface area contributed by atoms with E-state index in [1.54, 1.807) is 0 Å². The number of fused-ring (bicyclic) bond motifs is 1. The van der Waals surface area contributed by atoms with Crippen molar-refractivity contribution < 1.29 is 9.90 Å². The Morgan fingerprint density at radius 2 is 2.00 bits per heavy atom. The molecule has 0 saturated carbocycles. The molecule has 4 rings (SSSR count). The van der Waals surface area contributed by atoms with Crippen LogP contribution in [0, 0.1) is 5.92 Å². The van der Waals surface area contributed by atoms with Crippen LogP contribution in [-0.2, 0) is 11.2 Å². The molecular formula is C22H24ClN3O2. The van der Waals surface area contributed by atoms with Crippen molar-refractivity contribution in [1.29, 1.82) is 0 Å². The molecule has 0 amide bonds. The number of carbonyl (C=O) groups is 1. The number of benzene rings is 2. The van der Waals surface area contributed by atoms with E-state index in [4.69, 9.17) is 11.6 Å². The van der Waals surface area contributed by atoms with Gasteiger partial charge in [-0.3, -0.25) is 0 Å². The summed E-state index contributed by atoms with van der Waals surface area (Å²) < 4.78 is 0. The van der Waals surface area contributed by atoms with E-state index in [-0.39, 0.29) is 12.0 Å². The summed E-state index contributed by atoms with van der Waals surface area (Å²) in [5, 5.41) is 18.2. The number of para-hydroxylation sites is 1. The Balaban J connectivity index is 1.64. The molecule has 0 aliphatic carbocycles. The van der Waals surface area contributed by atoms with Crippen LogP contribution in [0.25, 0.3) is 22.2 Å². The first-order valence-corrected chi connectivity index (χ1v) is 9.97. The van der Waals surface area contributed by atoms with E-state index in [9.17, 15) is 9.90 Å². The summed E-state index contributed by atoms with van der Waals surface area (Å²) in [5.41, 5.74) is 4.05. The second-order valence-corrected chi connectivity index (χ2v) is 7.75. The lowest BCUT2D eigenvalue weighted by Crippen LogP contribution is -2.42. The largest absolute Gasteiger partial charge is 0.390 e. The zero-order chi connectivity index (χ0) is 19.5. The predicted molar refractivity (Wildman–Crippen MR) is 113 cm³/mol. The second kappa shape index (κ2) is 8.45. The van der Waals surface area contributed by atoms with Gasteiger partial charge in [0.1, 0.15) is 6.29 Å². The van der Waals surface area contributed by atoms with Crippen LogP contribution in [0.1, 0.15) is 5.56 Å². The normalized spacial score (nSPS) is 20.5. The van der Waals surface area contributed by atoms with Gasteiger partial charge in [-0.1, -0.05) is 54.1 Å². The van der Waals surface area contributed by atoms with Gasteiger partial charge in [0.05, 0.1) is 16.6 Å². The van der Waals surface area contributed by atoms with E-state index < -0.39 is 6.10 Å². The summed E-state index contributed by atoms with van der Waals surface area (Å²) in [4.78, 5) is 15.3. The van der Waals surface area contributed by atoms with E-state index in [1.165, 1.54) is 0 Å². The fourth-order valence-electron chi connectivity index (χ4n) is 3.91. The minimum absolute atomic E-state index is 0.0199. The number of aldehydes is 1. The minimum atomic E-state index is -0.418. The number of rotatable bonds is 7. The molecule has 1 aliphatic rings. The summed E-state index contributed by atoms with van der Waals surface area (Å²) in [5.74, 6) is -0.201. The van der Waals surface area contributed by atoms with Gasteiger partial charge in [-0.05, 0) is 23.6 Å². The Hall–Kier alpha value is -2.18. The van der Waals surface area contributed by atoms with Crippen molar-refractivity contribution in [1.82, 2.24) is 15.6 Å². The molecule has 1 saturated heterocycles. The van der Waals surface area contributed by atoms with Crippen LogP contribution >= 0.6 is 11.6 Å². The molecule has 1 fully saturated rings. The highest BCUT2D eigenvalue weighted by Gasteiger charge is 2.26.